The quantitative estimate of drug-likeness (QED) is 0.850. The molecule has 18 heavy (non-hydrogen) atoms. The Balaban J connectivity index is 1.72. The van der Waals surface area contributed by atoms with Crippen molar-refractivity contribution in [3.05, 3.63) is 28.5 Å². The summed E-state index contributed by atoms with van der Waals surface area (Å²) in [4.78, 5) is 16.3. The van der Waals surface area contributed by atoms with Crippen molar-refractivity contribution in [3.8, 4) is 0 Å². The third-order valence-electron chi connectivity index (χ3n) is 3.74. The SMILES string of the molecule is Cc1cc(C(=O)NC(C2CC2)C2CC2)cc(Cl)n1. The number of carbonyl (C=O) groups is 1. The molecule has 1 aromatic heterocycles. The Morgan fingerprint density at radius 3 is 2.44 bits per heavy atom. The number of nitrogens with one attached hydrogen (secondary N) is 1. The van der Waals surface area contributed by atoms with Crippen LogP contribution < -0.4 is 5.32 Å². The highest BCUT2D eigenvalue weighted by atomic mass is 35.5. The Bertz CT molecular complexity index is 448. The summed E-state index contributed by atoms with van der Waals surface area (Å²) in [5, 5.41) is 3.57. The molecule has 2 saturated carbocycles. The van der Waals surface area contributed by atoms with Gasteiger partial charge in [-0.15, -0.1) is 0 Å². The van der Waals surface area contributed by atoms with Crippen LogP contribution in [0.1, 0.15) is 41.7 Å². The van der Waals surface area contributed by atoms with Gasteiger partial charge >= 0.3 is 0 Å². The Morgan fingerprint density at radius 2 is 1.94 bits per heavy atom. The van der Waals surface area contributed by atoms with Crippen LogP contribution in [0.15, 0.2) is 12.1 Å². The van der Waals surface area contributed by atoms with Crippen LogP contribution in [0.4, 0.5) is 0 Å². The predicted molar refractivity (Wildman–Crippen MR) is 70.7 cm³/mol. The highest BCUT2D eigenvalue weighted by molar-refractivity contribution is 6.29. The largest absolute Gasteiger partial charge is 0.349 e. The molecule has 3 nitrogen and oxygen atoms in total. The summed E-state index contributed by atoms with van der Waals surface area (Å²) in [5.74, 6) is 1.41. The van der Waals surface area contributed by atoms with Gasteiger partial charge in [-0.2, -0.15) is 0 Å². The molecular weight excluding hydrogens is 248 g/mol. The number of aryl methyl sites for hydroxylation is 1. The van der Waals surface area contributed by atoms with E-state index in [0.29, 0.717) is 28.6 Å². The Labute approximate surface area is 112 Å². The average molecular weight is 265 g/mol. The van der Waals surface area contributed by atoms with Crippen LogP contribution in [0, 0.1) is 18.8 Å². The molecule has 0 spiro atoms. The van der Waals surface area contributed by atoms with Crippen LogP contribution in [0.5, 0.6) is 0 Å². The van der Waals surface area contributed by atoms with E-state index in [9.17, 15) is 4.79 Å². The minimum atomic E-state index is -0.00815. The van der Waals surface area contributed by atoms with Gasteiger partial charge in [0.2, 0.25) is 0 Å². The molecule has 1 heterocycles. The molecule has 3 rings (SSSR count). The molecule has 1 N–H and O–H groups in total. The van der Waals surface area contributed by atoms with Gasteiger partial charge in [-0.3, -0.25) is 4.79 Å². The minimum Gasteiger partial charge on any atom is -0.349 e. The maximum Gasteiger partial charge on any atom is 0.251 e. The molecule has 0 unspecified atom stereocenters. The number of hydrogen-bond donors (Lipinski definition) is 1. The predicted octanol–water partition coefficient (Wildman–Crippen LogP) is 2.96. The summed E-state index contributed by atoms with van der Waals surface area (Å²) < 4.78 is 0. The van der Waals surface area contributed by atoms with E-state index in [1.54, 1.807) is 12.1 Å². The van der Waals surface area contributed by atoms with E-state index >= 15 is 0 Å². The second kappa shape index (κ2) is 4.54. The van der Waals surface area contributed by atoms with Crippen LogP contribution >= 0.6 is 11.6 Å². The normalized spacial score (nSPS) is 19.1. The fraction of sp³-hybridized carbons (Fsp3) is 0.571. The lowest BCUT2D eigenvalue weighted by Gasteiger charge is -2.17. The molecule has 2 fully saturated rings. The summed E-state index contributed by atoms with van der Waals surface area (Å²) in [6.07, 6.45) is 5.05. The van der Waals surface area contributed by atoms with Crippen LogP contribution in [0.2, 0.25) is 5.15 Å². The van der Waals surface area contributed by atoms with Crippen molar-refractivity contribution in [1.82, 2.24) is 10.3 Å². The lowest BCUT2D eigenvalue weighted by atomic mass is 10.1. The first kappa shape index (κ1) is 12.0. The average Bonchev–Trinajstić information content (AvgIpc) is 3.14. The molecule has 0 aliphatic heterocycles. The van der Waals surface area contributed by atoms with Crippen LogP contribution in [-0.2, 0) is 0 Å². The van der Waals surface area contributed by atoms with Gasteiger partial charge in [0.25, 0.3) is 5.91 Å². The Kier molecular flexibility index (Phi) is 3.02. The van der Waals surface area contributed by atoms with Crippen molar-refractivity contribution in [2.45, 2.75) is 38.6 Å². The second-order valence-electron chi connectivity index (χ2n) is 5.49. The number of hydrogen-bond acceptors (Lipinski definition) is 2. The number of amides is 1. The molecule has 2 aliphatic carbocycles. The maximum atomic E-state index is 12.2. The zero-order chi connectivity index (χ0) is 12.7. The summed E-state index contributed by atoms with van der Waals surface area (Å²) in [6.45, 7) is 1.85. The van der Waals surface area contributed by atoms with Crippen molar-refractivity contribution in [3.63, 3.8) is 0 Å². The van der Waals surface area contributed by atoms with Gasteiger partial charge in [0, 0.05) is 17.3 Å². The highest BCUT2D eigenvalue weighted by Gasteiger charge is 2.42. The third kappa shape index (κ3) is 2.66. The van der Waals surface area contributed by atoms with Crippen molar-refractivity contribution >= 4 is 17.5 Å². The molecule has 4 heteroatoms. The monoisotopic (exact) mass is 264 g/mol. The molecule has 0 bridgehead atoms. The first-order valence-electron chi connectivity index (χ1n) is 6.58. The lowest BCUT2D eigenvalue weighted by molar-refractivity contribution is 0.0926. The Morgan fingerprint density at radius 1 is 1.33 bits per heavy atom. The molecule has 0 atom stereocenters. The fourth-order valence-electron chi connectivity index (χ4n) is 2.53. The van der Waals surface area contributed by atoms with Gasteiger partial charge < -0.3 is 5.32 Å². The molecule has 2 aliphatic rings. The smallest absolute Gasteiger partial charge is 0.251 e. The van der Waals surface area contributed by atoms with Crippen LogP contribution in [0.3, 0.4) is 0 Å². The van der Waals surface area contributed by atoms with E-state index in [1.165, 1.54) is 25.7 Å². The van der Waals surface area contributed by atoms with Gasteiger partial charge in [-0.1, -0.05) is 11.6 Å². The Hall–Kier alpha value is -1.09. The number of rotatable bonds is 4. The molecule has 96 valence electrons. The fourth-order valence-corrected chi connectivity index (χ4v) is 2.78. The first-order chi connectivity index (χ1) is 8.63. The zero-order valence-corrected chi connectivity index (χ0v) is 11.2. The molecule has 1 amide bonds. The van der Waals surface area contributed by atoms with E-state index in [-0.39, 0.29) is 5.91 Å². The van der Waals surface area contributed by atoms with Gasteiger partial charge in [-0.25, -0.2) is 4.98 Å². The highest BCUT2D eigenvalue weighted by Crippen LogP contribution is 2.44. The van der Waals surface area contributed by atoms with Crippen molar-refractivity contribution in [1.29, 1.82) is 0 Å². The van der Waals surface area contributed by atoms with Crippen molar-refractivity contribution in [2.24, 2.45) is 11.8 Å². The van der Waals surface area contributed by atoms with Crippen molar-refractivity contribution in [2.75, 3.05) is 0 Å². The number of aromatic nitrogens is 1. The van der Waals surface area contributed by atoms with Gasteiger partial charge in [0.15, 0.2) is 0 Å². The molecule has 0 saturated heterocycles. The summed E-state index contributed by atoms with van der Waals surface area (Å²) in [7, 11) is 0. The first-order valence-corrected chi connectivity index (χ1v) is 6.96. The molecule has 0 radical (unpaired) electrons. The molecule has 0 aromatic carbocycles. The number of pyridine rings is 1. The van der Waals surface area contributed by atoms with E-state index in [1.807, 2.05) is 6.92 Å². The van der Waals surface area contributed by atoms with E-state index in [2.05, 4.69) is 10.3 Å². The zero-order valence-electron chi connectivity index (χ0n) is 10.4. The number of carbonyl (C=O) groups excluding carboxylic acids is 1. The van der Waals surface area contributed by atoms with E-state index in [4.69, 9.17) is 11.6 Å². The molecular formula is C14H17ClN2O. The summed E-state index contributed by atoms with van der Waals surface area (Å²) in [6, 6.07) is 3.81. The maximum absolute atomic E-state index is 12.2. The topological polar surface area (TPSA) is 42.0 Å². The van der Waals surface area contributed by atoms with Gasteiger partial charge in [-0.05, 0) is 56.6 Å². The summed E-state index contributed by atoms with van der Waals surface area (Å²) >= 11 is 5.89. The molecule has 1 aromatic rings. The van der Waals surface area contributed by atoms with E-state index < -0.39 is 0 Å². The second-order valence-corrected chi connectivity index (χ2v) is 5.88. The van der Waals surface area contributed by atoms with Crippen LogP contribution in [0.25, 0.3) is 0 Å². The van der Waals surface area contributed by atoms with Crippen molar-refractivity contribution < 1.29 is 4.79 Å². The van der Waals surface area contributed by atoms with Gasteiger partial charge in [0.05, 0.1) is 0 Å². The number of nitrogens with zero attached hydrogens (tertiary/aromatic N) is 1. The standard InChI is InChI=1S/C14H17ClN2O/c1-8-6-11(7-12(15)16-8)14(18)17-13(9-2-3-9)10-4-5-10/h6-7,9-10,13H,2-5H2,1H3,(H,17,18). The third-order valence-corrected chi connectivity index (χ3v) is 3.94. The number of halogens is 1. The minimum absolute atomic E-state index is 0.00815. The van der Waals surface area contributed by atoms with E-state index in [0.717, 1.165) is 5.69 Å². The summed E-state index contributed by atoms with van der Waals surface area (Å²) in [5.41, 5.74) is 1.40. The van der Waals surface area contributed by atoms with Gasteiger partial charge in [0.1, 0.15) is 5.15 Å². The lowest BCUT2D eigenvalue weighted by Crippen LogP contribution is -2.38. The van der Waals surface area contributed by atoms with Crippen LogP contribution in [-0.4, -0.2) is 16.9 Å².